The van der Waals surface area contributed by atoms with Crippen molar-refractivity contribution in [3.05, 3.63) is 11.9 Å². The van der Waals surface area contributed by atoms with Gasteiger partial charge in [0.1, 0.15) is 5.82 Å². The van der Waals surface area contributed by atoms with Gasteiger partial charge < -0.3 is 9.80 Å². The molecule has 6 heteroatoms. The molecule has 0 saturated carbocycles. The van der Waals surface area contributed by atoms with Crippen LogP contribution in [0.4, 0.5) is 0 Å². The Hall–Kier alpha value is -1.43. The first-order valence-electron chi connectivity index (χ1n) is 8.26. The summed E-state index contributed by atoms with van der Waals surface area (Å²) in [6.45, 7) is 18.7. The fraction of sp³-hybridized carbons (Fsp3) is 0.800. The van der Waals surface area contributed by atoms with Crippen LogP contribution in [0, 0.1) is 0 Å². The number of rotatable bonds is 8. The maximum absolute atomic E-state index is 4.75. The molecule has 122 valence electrons. The second kappa shape index (κ2) is 8.77. The van der Waals surface area contributed by atoms with Gasteiger partial charge in [0.2, 0.25) is 0 Å². The molecule has 1 aliphatic rings. The lowest BCUT2D eigenvalue weighted by Crippen LogP contribution is -2.53. The van der Waals surface area contributed by atoms with Gasteiger partial charge in [-0.05, 0) is 27.7 Å². The van der Waals surface area contributed by atoms with E-state index in [0.717, 1.165) is 50.9 Å². The quantitative estimate of drug-likeness (QED) is 0.740. The molecule has 0 aliphatic carbocycles. The van der Waals surface area contributed by atoms with E-state index in [2.05, 4.69) is 67.9 Å². The number of likely N-dealkylation sites (N-methyl/N-ethyl adjacent to an activating group) is 1. The van der Waals surface area contributed by atoms with Crippen LogP contribution in [0.5, 0.6) is 0 Å². The standard InChI is InChI=1S/C15H32N6/c1-7-18(8-2)14-13-15(19(9-3)10-4)17-21(16-14)20(11-5)12-6/h13,16H,7-12H2,1-6H3. The Labute approximate surface area is 130 Å². The molecule has 0 atom stereocenters. The largest absolute Gasteiger partial charge is 0.357 e. The van der Waals surface area contributed by atoms with E-state index in [1.165, 1.54) is 0 Å². The fourth-order valence-electron chi connectivity index (χ4n) is 2.46. The molecule has 0 saturated heterocycles. The van der Waals surface area contributed by atoms with Crippen molar-refractivity contribution in [1.29, 1.82) is 0 Å². The van der Waals surface area contributed by atoms with Gasteiger partial charge in [-0.2, -0.15) is 5.01 Å². The Morgan fingerprint density at radius 2 is 1.38 bits per heavy atom. The molecule has 0 spiro atoms. The zero-order valence-corrected chi connectivity index (χ0v) is 14.6. The van der Waals surface area contributed by atoms with Gasteiger partial charge in [-0.3, -0.25) is 5.43 Å². The zero-order chi connectivity index (χ0) is 15.8. The van der Waals surface area contributed by atoms with E-state index in [1.54, 1.807) is 0 Å². The molecular weight excluding hydrogens is 264 g/mol. The van der Waals surface area contributed by atoms with E-state index < -0.39 is 0 Å². The van der Waals surface area contributed by atoms with Crippen LogP contribution in [-0.4, -0.2) is 65.1 Å². The van der Waals surface area contributed by atoms with Crippen molar-refractivity contribution < 1.29 is 0 Å². The van der Waals surface area contributed by atoms with Crippen LogP contribution in [0.1, 0.15) is 41.5 Å². The smallest absolute Gasteiger partial charge is 0.155 e. The van der Waals surface area contributed by atoms with Crippen LogP contribution in [0.3, 0.4) is 0 Å². The van der Waals surface area contributed by atoms with Crippen molar-refractivity contribution in [2.45, 2.75) is 41.5 Å². The van der Waals surface area contributed by atoms with Gasteiger partial charge in [-0.1, -0.05) is 13.8 Å². The van der Waals surface area contributed by atoms with Crippen molar-refractivity contribution >= 4 is 5.84 Å². The molecule has 0 radical (unpaired) electrons. The zero-order valence-electron chi connectivity index (χ0n) is 14.6. The van der Waals surface area contributed by atoms with Crippen LogP contribution >= 0.6 is 0 Å². The molecular formula is C15H32N6. The lowest BCUT2D eigenvalue weighted by atomic mass is 10.3. The monoisotopic (exact) mass is 296 g/mol. The SMILES string of the molecule is CCN(CC)C1=CC(N(CC)CC)=NN(N(CC)CC)N1. The number of hydrazine groups is 2. The van der Waals surface area contributed by atoms with Crippen LogP contribution in [-0.2, 0) is 0 Å². The van der Waals surface area contributed by atoms with Gasteiger partial charge in [-0.25, -0.2) is 0 Å². The van der Waals surface area contributed by atoms with Crippen LogP contribution < -0.4 is 5.43 Å². The number of nitrogens with zero attached hydrogens (tertiary/aromatic N) is 5. The number of hydrogen-bond donors (Lipinski definition) is 1. The topological polar surface area (TPSA) is 37.4 Å². The van der Waals surface area contributed by atoms with Gasteiger partial charge in [-0.15, -0.1) is 10.3 Å². The highest BCUT2D eigenvalue weighted by Gasteiger charge is 2.22. The number of hydrazone groups is 1. The Morgan fingerprint density at radius 3 is 1.81 bits per heavy atom. The second-order valence-corrected chi connectivity index (χ2v) is 4.87. The van der Waals surface area contributed by atoms with E-state index in [9.17, 15) is 0 Å². The molecule has 1 heterocycles. The minimum atomic E-state index is 0.921. The first-order valence-corrected chi connectivity index (χ1v) is 8.26. The van der Waals surface area contributed by atoms with E-state index in [0.29, 0.717) is 0 Å². The summed E-state index contributed by atoms with van der Waals surface area (Å²) in [6.07, 6.45) is 2.15. The fourth-order valence-corrected chi connectivity index (χ4v) is 2.46. The summed E-state index contributed by atoms with van der Waals surface area (Å²) in [5.41, 5.74) is 3.42. The lowest BCUT2D eigenvalue weighted by molar-refractivity contribution is -0.0622. The number of hydrogen-bond acceptors (Lipinski definition) is 6. The predicted octanol–water partition coefficient (Wildman–Crippen LogP) is 1.90. The molecule has 1 aliphatic heterocycles. The highest BCUT2D eigenvalue weighted by atomic mass is 15.9. The summed E-state index contributed by atoms with van der Waals surface area (Å²) in [5.74, 6) is 2.14. The van der Waals surface area contributed by atoms with E-state index in [1.807, 2.05) is 5.23 Å². The highest BCUT2D eigenvalue weighted by Crippen LogP contribution is 2.12. The van der Waals surface area contributed by atoms with Crippen LogP contribution in [0.2, 0.25) is 0 Å². The molecule has 0 fully saturated rings. The Morgan fingerprint density at radius 1 is 0.857 bits per heavy atom. The first kappa shape index (κ1) is 17.6. The lowest BCUT2D eigenvalue weighted by Gasteiger charge is -2.39. The predicted molar refractivity (Wildman–Crippen MR) is 89.3 cm³/mol. The first-order chi connectivity index (χ1) is 10.1. The molecule has 0 aromatic carbocycles. The third-order valence-electron chi connectivity index (χ3n) is 3.87. The van der Waals surface area contributed by atoms with Crippen molar-refractivity contribution in [2.24, 2.45) is 5.10 Å². The summed E-state index contributed by atoms with van der Waals surface area (Å²) in [4.78, 5) is 4.59. The van der Waals surface area contributed by atoms with Gasteiger partial charge in [0.15, 0.2) is 5.84 Å². The molecule has 0 aromatic rings. The van der Waals surface area contributed by atoms with Crippen molar-refractivity contribution in [2.75, 3.05) is 39.3 Å². The molecule has 1 rings (SSSR count). The van der Waals surface area contributed by atoms with E-state index in [-0.39, 0.29) is 0 Å². The summed E-state index contributed by atoms with van der Waals surface area (Å²) in [6, 6.07) is 0. The normalized spacial score (nSPS) is 14.7. The third kappa shape index (κ3) is 4.27. The maximum Gasteiger partial charge on any atom is 0.155 e. The second-order valence-electron chi connectivity index (χ2n) is 4.87. The molecule has 0 aromatic heterocycles. The van der Waals surface area contributed by atoms with Gasteiger partial charge in [0.25, 0.3) is 0 Å². The van der Waals surface area contributed by atoms with Gasteiger partial charge in [0.05, 0.1) is 0 Å². The average Bonchev–Trinajstić information content (AvgIpc) is 2.51. The minimum Gasteiger partial charge on any atom is -0.357 e. The average molecular weight is 296 g/mol. The molecule has 0 bridgehead atoms. The van der Waals surface area contributed by atoms with Crippen molar-refractivity contribution in [3.63, 3.8) is 0 Å². The van der Waals surface area contributed by atoms with Crippen LogP contribution in [0.15, 0.2) is 17.0 Å². The molecule has 6 nitrogen and oxygen atoms in total. The van der Waals surface area contributed by atoms with Crippen molar-refractivity contribution in [1.82, 2.24) is 25.5 Å². The number of nitrogens with one attached hydrogen (secondary N) is 1. The summed E-state index contributed by atoms with van der Waals surface area (Å²) in [7, 11) is 0. The van der Waals surface area contributed by atoms with E-state index in [4.69, 9.17) is 5.10 Å². The maximum atomic E-state index is 4.75. The Kier molecular flexibility index (Phi) is 7.36. The summed E-state index contributed by atoms with van der Waals surface area (Å²) in [5, 5.41) is 8.83. The van der Waals surface area contributed by atoms with Crippen LogP contribution in [0.25, 0.3) is 0 Å². The number of amidine groups is 1. The van der Waals surface area contributed by atoms with Gasteiger partial charge >= 0.3 is 0 Å². The van der Waals surface area contributed by atoms with Crippen molar-refractivity contribution in [3.8, 4) is 0 Å². The molecule has 0 amide bonds. The summed E-state index contributed by atoms with van der Waals surface area (Å²) >= 11 is 0. The third-order valence-corrected chi connectivity index (χ3v) is 3.87. The minimum absolute atomic E-state index is 0.921. The molecule has 0 unspecified atom stereocenters. The van der Waals surface area contributed by atoms with E-state index >= 15 is 0 Å². The molecule has 1 N–H and O–H groups in total. The molecule has 21 heavy (non-hydrogen) atoms. The highest BCUT2D eigenvalue weighted by molar-refractivity contribution is 5.93. The Bertz CT molecular complexity index is 353. The Balaban J connectivity index is 3.08. The van der Waals surface area contributed by atoms with Gasteiger partial charge in [0, 0.05) is 45.3 Å². The summed E-state index contributed by atoms with van der Waals surface area (Å²) < 4.78 is 0.